The summed E-state index contributed by atoms with van der Waals surface area (Å²) < 4.78 is 0. The van der Waals surface area contributed by atoms with Crippen LogP contribution in [0.5, 0.6) is 0 Å². The first-order valence-corrected chi connectivity index (χ1v) is 5.87. The molecule has 0 aliphatic rings. The second-order valence-corrected chi connectivity index (χ2v) is 4.51. The van der Waals surface area contributed by atoms with Gasteiger partial charge in [-0.05, 0) is 23.1 Å². The van der Waals surface area contributed by atoms with Crippen LogP contribution >= 0.6 is 0 Å². The van der Waals surface area contributed by atoms with Crippen molar-refractivity contribution in [2.75, 3.05) is 0 Å². The van der Waals surface area contributed by atoms with Crippen molar-refractivity contribution in [1.29, 1.82) is 0 Å². The zero-order chi connectivity index (χ0) is 13.1. The van der Waals surface area contributed by atoms with Crippen molar-refractivity contribution in [3.05, 3.63) is 53.9 Å². The van der Waals surface area contributed by atoms with E-state index in [0.717, 1.165) is 11.1 Å². The lowest BCUT2D eigenvalue weighted by molar-refractivity contribution is 0.0690. The van der Waals surface area contributed by atoms with Crippen molar-refractivity contribution in [3.63, 3.8) is 0 Å². The van der Waals surface area contributed by atoms with Crippen LogP contribution < -0.4 is 0 Å². The average Bonchev–Trinajstić information content (AvgIpc) is 2.39. The highest BCUT2D eigenvalue weighted by molar-refractivity contribution is 5.85. The van der Waals surface area contributed by atoms with Gasteiger partial charge in [0.2, 0.25) is 0 Å². The van der Waals surface area contributed by atoms with Crippen molar-refractivity contribution in [1.82, 2.24) is 4.98 Å². The van der Waals surface area contributed by atoms with Crippen LogP contribution in [0.3, 0.4) is 0 Å². The van der Waals surface area contributed by atoms with Crippen molar-refractivity contribution in [3.8, 4) is 11.1 Å². The number of carboxylic acid groups (broad SMARTS) is 1. The Labute approximate surface area is 106 Å². The van der Waals surface area contributed by atoms with Crippen molar-refractivity contribution in [2.24, 2.45) is 0 Å². The zero-order valence-electron chi connectivity index (χ0n) is 10.4. The molecular weight excluding hydrogens is 226 g/mol. The minimum atomic E-state index is -1.00. The van der Waals surface area contributed by atoms with Crippen LogP contribution in [0.2, 0.25) is 0 Å². The minimum Gasteiger partial charge on any atom is -0.477 e. The van der Waals surface area contributed by atoms with Gasteiger partial charge in [0.25, 0.3) is 0 Å². The Kier molecular flexibility index (Phi) is 3.42. The fourth-order valence-corrected chi connectivity index (χ4v) is 1.75. The Hall–Kier alpha value is -2.16. The van der Waals surface area contributed by atoms with E-state index in [9.17, 15) is 4.79 Å². The molecule has 0 aliphatic carbocycles. The molecule has 0 spiro atoms. The Balaban J connectivity index is 2.28. The van der Waals surface area contributed by atoms with E-state index < -0.39 is 5.97 Å². The molecule has 3 nitrogen and oxygen atoms in total. The van der Waals surface area contributed by atoms with E-state index in [0.29, 0.717) is 5.92 Å². The van der Waals surface area contributed by atoms with Gasteiger partial charge in [0, 0.05) is 11.8 Å². The van der Waals surface area contributed by atoms with E-state index in [2.05, 4.69) is 31.0 Å². The van der Waals surface area contributed by atoms with Gasteiger partial charge in [-0.3, -0.25) is 0 Å². The number of aromatic nitrogens is 1. The fourth-order valence-electron chi connectivity index (χ4n) is 1.75. The normalized spacial score (nSPS) is 10.6. The lowest BCUT2D eigenvalue weighted by atomic mass is 9.99. The van der Waals surface area contributed by atoms with Gasteiger partial charge in [0.05, 0.1) is 0 Å². The number of hydrogen-bond acceptors (Lipinski definition) is 2. The molecular formula is C15H15NO2. The third-order valence-corrected chi connectivity index (χ3v) is 2.89. The van der Waals surface area contributed by atoms with E-state index in [1.807, 2.05) is 12.1 Å². The van der Waals surface area contributed by atoms with Crippen LogP contribution in [-0.4, -0.2) is 16.1 Å². The average molecular weight is 241 g/mol. The monoisotopic (exact) mass is 241 g/mol. The number of pyridine rings is 1. The Morgan fingerprint density at radius 2 is 1.67 bits per heavy atom. The van der Waals surface area contributed by atoms with Crippen molar-refractivity contribution >= 4 is 5.97 Å². The predicted octanol–water partition coefficient (Wildman–Crippen LogP) is 3.57. The molecule has 0 aliphatic heterocycles. The lowest BCUT2D eigenvalue weighted by Crippen LogP contribution is -1.99. The number of aromatic carboxylic acids is 1. The summed E-state index contributed by atoms with van der Waals surface area (Å²) in [7, 11) is 0. The van der Waals surface area contributed by atoms with Gasteiger partial charge in [-0.25, -0.2) is 9.78 Å². The number of hydrogen-bond donors (Lipinski definition) is 1. The number of nitrogens with zero attached hydrogens (tertiary/aromatic N) is 1. The Morgan fingerprint density at radius 1 is 1.06 bits per heavy atom. The van der Waals surface area contributed by atoms with Gasteiger partial charge < -0.3 is 5.11 Å². The highest BCUT2D eigenvalue weighted by Crippen LogP contribution is 2.22. The van der Waals surface area contributed by atoms with Gasteiger partial charge >= 0.3 is 5.97 Å². The number of rotatable bonds is 3. The summed E-state index contributed by atoms with van der Waals surface area (Å²) in [5.41, 5.74) is 3.32. The zero-order valence-corrected chi connectivity index (χ0v) is 10.4. The second kappa shape index (κ2) is 5.00. The number of carbonyl (C=O) groups is 1. The largest absolute Gasteiger partial charge is 0.477 e. The predicted molar refractivity (Wildman–Crippen MR) is 70.7 cm³/mol. The first kappa shape index (κ1) is 12.3. The minimum absolute atomic E-state index is 0.0672. The summed E-state index contributed by atoms with van der Waals surface area (Å²) in [6.45, 7) is 4.30. The third-order valence-electron chi connectivity index (χ3n) is 2.89. The third kappa shape index (κ3) is 2.56. The van der Waals surface area contributed by atoms with Gasteiger partial charge in [0.15, 0.2) is 0 Å². The quantitative estimate of drug-likeness (QED) is 0.893. The highest BCUT2D eigenvalue weighted by Gasteiger charge is 2.05. The molecule has 1 aromatic heterocycles. The van der Waals surface area contributed by atoms with Crippen LogP contribution in [0.15, 0.2) is 42.6 Å². The molecule has 0 saturated carbocycles. The maximum Gasteiger partial charge on any atom is 0.354 e. The maximum absolute atomic E-state index is 10.7. The van der Waals surface area contributed by atoms with Crippen LogP contribution in [0.25, 0.3) is 11.1 Å². The number of carboxylic acids is 1. The van der Waals surface area contributed by atoms with Crippen LogP contribution in [0.1, 0.15) is 35.8 Å². The van der Waals surface area contributed by atoms with Crippen LogP contribution in [0, 0.1) is 0 Å². The topological polar surface area (TPSA) is 50.2 Å². The molecule has 1 heterocycles. The van der Waals surface area contributed by atoms with E-state index in [1.54, 1.807) is 12.3 Å². The molecule has 0 bridgehead atoms. The molecule has 18 heavy (non-hydrogen) atoms. The molecule has 92 valence electrons. The summed E-state index contributed by atoms with van der Waals surface area (Å²) in [6.07, 6.45) is 1.59. The molecule has 0 radical (unpaired) electrons. The summed E-state index contributed by atoms with van der Waals surface area (Å²) in [5.74, 6) is -0.497. The smallest absolute Gasteiger partial charge is 0.354 e. The van der Waals surface area contributed by atoms with E-state index in [1.165, 1.54) is 11.6 Å². The van der Waals surface area contributed by atoms with Gasteiger partial charge in [0.1, 0.15) is 5.69 Å². The van der Waals surface area contributed by atoms with E-state index in [-0.39, 0.29) is 5.69 Å². The molecule has 2 rings (SSSR count). The molecule has 1 aromatic carbocycles. The lowest BCUT2D eigenvalue weighted by Gasteiger charge is -2.07. The molecule has 0 amide bonds. The Bertz CT molecular complexity index is 542. The molecule has 0 unspecified atom stereocenters. The Morgan fingerprint density at radius 3 is 2.11 bits per heavy atom. The van der Waals surface area contributed by atoms with E-state index >= 15 is 0 Å². The first-order chi connectivity index (χ1) is 8.58. The van der Waals surface area contributed by atoms with Gasteiger partial charge in [-0.15, -0.1) is 0 Å². The second-order valence-electron chi connectivity index (χ2n) is 4.51. The molecule has 0 fully saturated rings. The summed E-state index contributed by atoms with van der Waals surface area (Å²) >= 11 is 0. The first-order valence-electron chi connectivity index (χ1n) is 5.87. The molecule has 0 saturated heterocycles. The van der Waals surface area contributed by atoms with E-state index in [4.69, 9.17) is 5.11 Å². The standard InChI is InChI=1S/C15H15NO2/c1-10(2)11-3-5-12(6-4-11)13-7-8-14(15(17)18)16-9-13/h3-10H,1-2H3,(H,17,18). The molecule has 0 atom stereocenters. The van der Waals surface area contributed by atoms with Gasteiger partial charge in [-0.2, -0.15) is 0 Å². The van der Waals surface area contributed by atoms with Crippen LogP contribution in [-0.2, 0) is 0 Å². The summed E-state index contributed by atoms with van der Waals surface area (Å²) in [4.78, 5) is 14.6. The van der Waals surface area contributed by atoms with Crippen molar-refractivity contribution < 1.29 is 9.90 Å². The summed E-state index contributed by atoms with van der Waals surface area (Å²) in [5, 5.41) is 8.78. The molecule has 3 heteroatoms. The van der Waals surface area contributed by atoms with Crippen LogP contribution in [0.4, 0.5) is 0 Å². The summed E-state index contributed by atoms with van der Waals surface area (Å²) in [6, 6.07) is 11.5. The SMILES string of the molecule is CC(C)c1ccc(-c2ccc(C(=O)O)nc2)cc1. The van der Waals surface area contributed by atoms with Gasteiger partial charge in [-0.1, -0.05) is 44.2 Å². The maximum atomic E-state index is 10.7. The fraction of sp³-hybridized carbons (Fsp3) is 0.200. The number of benzene rings is 1. The molecule has 2 aromatic rings. The molecule has 1 N–H and O–H groups in total. The van der Waals surface area contributed by atoms with Crippen molar-refractivity contribution in [2.45, 2.75) is 19.8 Å². The highest BCUT2D eigenvalue weighted by atomic mass is 16.4.